The van der Waals surface area contributed by atoms with Gasteiger partial charge in [0.2, 0.25) is 5.82 Å². The van der Waals surface area contributed by atoms with E-state index in [1.54, 1.807) is 4.80 Å². The number of quaternary nitrogens is 1. The van der Waals surface area contributed by atoms with E-state index in [0.717, 1.165) is 51.2 Å². The van der Waals surface area contributed by atoms with Crippen LogP contribution >= 0.6 is 0 Å². The molecule has 0 fully saturated rings. The molecule has 0 spiro atoms. The van der Waals surface area contributed by atoms with Gasteiger partial charge in [-0.05, 0) is 40.0 Å². The maximum atomic E-state index is 12.9. The highest BCUT2D eigenvalue weighted by molar-refractivity contribution is 6.27. The molecular weight excluding hydrogens is 608 g/mol. The fourth-order valence-electron chi connectivity index (χ4n) is 6.70. The monoisotopic (exact) mass is 645 g/mol. The Balaban J connectivity index is 1.33. The van der Waals surface area contributed by atoms with E-state index >= 15 is 0 Å². The molecule has 8 nitrogen and oxygen atoms in total. The Kier molecular flexibility index (Phi) is 8.32. The summed E-state index contributed by atoms with van der Waals surface area (Å²) in [7, 11) is 3.40. The molecule has 1 aliphatic rings. The molecule has 49 heavy (non-hydrogen) atoms. The molecule has 2 heterocycles. The molecule has 0 saturated heterocycles. The van der Waals surface area contributed by atoms with E-state index in [1.807, 2.05) is 111 Å². The van der Waals surface area contributed by atoms with Crippen LogP contribution in [-0.2, 0) is 15.1 Å². The Labute approximate surface area is 286 Å². The third-order valence-corrected chi connectivity index (χ3v) is 9.57. The maximum absolute atomic E-state index is 12.9. The summed E-state index contributed by atoms with van der Waals surface area (Å²) in [5.41, 5.74) is 7.83. The minimum atomic E-state index is -0.873. The molecule has 0 radical (unpaired) electrons. The second-order valence-electron chi connectivity index (χ2n) is 12.2. The molecule has 7 rings (SSSR count). The molecular formula is C41H37N6O2+. The summed E-state index contributed by atoms with van der Waals surface area (Å²) in [4.78, 5) is 14.6. The number of aromatic nitrogens is 4. The number of carbonyl (C=O) groups excluding carboxylic acids is 1. The van der Waals surface area contributed by atoms with Gasteiger partial charge in [0.25, 0.3) is 0 Å². The lowest BCUT2D eigenvalue weighted by atomic mass is 9.77. The third-order valence-electron chi connectivity index (χ3n) is 9.57. The summed E-state index contributed by atoms with van der Waals surface area (Å²) < 4.78 is 5.46. The van der Waals surface area contributed by atoms with E-state index in [0.29, 0.717) is 21.7 Å². The molecule has 0 saturated carbocycles. The zero-order valence-corrected chi connectivity index (χ0v) is 28.0. The van der Waals surface area contributed by atoms with Crippen molar-refractivity contribution < 1.29 is 14.1 Å². The van der Waals surface area contributed by atoms with Gasteiger partial charge in [-0.25, -0.2) is 4.79 Å². The Hall–Kier alpha value is -5.99. The van der Waals surface area contributed by atoms with Gasteiger partial charge in [-0.2, -0.15) is 4.59 Å². The Morgan fingerprint density at radius 3 is 1.71 bits per heavy atom. The average molecular weight is 646 g/mol. The number of rotatable bonds is 9. The van der Waals surface area contributed by atoms with Crippen molar-refractivity contribution in [3.8, 4) is 22.5 Å². The predicted octanol–water partition coefficient (Wildman–Crippen LogP) is 7.48. The molecule has 6 aromatic rings. The van der Waals surface area contributed by atoms with E-state index in [-0.39, 0.29) is 5.97 Å². The van der Waals surface area contributed by atoms with Gasteiger partial charge in [-0.3, -0.25) is 0 Å². The van der Waals surface area contributed by atoms with Crippen LogP contribution in [0, 0.1) is 0 Å². The third kappa shape index (κ3) is 5.36. The molecule has 0 N–H and O–H groups in total. The first-order chi connectivity index (χ1) is 23.9. The molecule has 5 aromatic carbocycles. The fraction of sp³-hybridized carbons (Fsp3) is 0.146. The van der Waals surface area contributed by atoms with Crippen LogP contribution in [0.3, 0.4) is 0 Å². The largest absolute Gasteiger partial charge is 0.465 e. The van der Waals surface area contributed by atoms with E-state index in [9.17, 15) is 4.79 Å². The molecule has 8 heteroatoms. The maximum Gasteiger partial charge on any atom is 0.346 e. The van der Waals surface area contributed by atoms with Crippen LogP contribution < -0.4 is 0 Å². The van der Waals surface area contributed by atoms with Gasteiger partial charge in [0.1, 0.15) is 23.5 Å². The lowest BCUT2D eigenvalue weighted by Crippen LogP contribution is -2.39. The quantitative estimate of drug-likeness (QED) is 0.0925. The van der Waals surface area contributed by atoms with Crippen molar-refractivity contribution >= 4 is 11.7 Å². The highest BCUT2D eigenvalue weighted by Gasteiger charge is 2.42. The van der Waals surface area contributed by atoms with Crippen LogP contribution in [0.25, 0.3) is 22.5 Å². The summed E-state index contributed by atoms with van der Waals surface area (Å²) in [5.74, 6) is 0.127. The van der Waals surface area contributed by atoms with E-state index in [2.05, 4.69) is 49.4 Å². The molecule has 1 unspecified atom stereocenters. The smallest absolute Gasteiger partial charge is 0.346 e. The zero-order chi connectivity index (χ0) is 34.0. The summed E-state index contributed by atoms with van der Waals surface area (Å²) in [6.45, 7) is 4.72. The number of nitrogens with zero attached hydrogens (tertiary/aromatic N) is 6. The minimum absolute atomic E-state index is 0.308. The van der Waals surface area contributed by atoms with Crippen LogP contribution in [-0.4, -0.2) is 57.2 Å². The van der Waals surface area contributed by atoms with Crippen LogP contribution in [0.5, 0.6) is 0 Å². The zero-order valence-electron chi connectivity index (χ0n) is 28.0. The topological polar surface area (TPSA) is 82.3 Å². The molecule has 0 bridgehead atoms. The standard InChI is InChI=1S/C41H37N6O2/c1-5-47(3)29(2)37(40(48)49-4)38(44-47)31-27-25-30(26-28-31)35-23-15-16-24-36(35)39-42-45-46(43-39)41(32-17-9-6-10-18-32,33-19-11-7-12-20-33)34-21-13-8-14-22-34/h6-28H,5H2,1-4H3/q+1. The summed E-state index contributed by atoms with van der Waals surface area (Å²) in [6.07, 6.45) is 0. The molecule has 0 amide bonds. The van der Waals surface area contributed by atoms with Crippen molar-refractivity contribution in [1.29, 1.82) is 0 Å². The van der Waals surface area contributed by atoms with Crippen molar-refractivity contribution in [3.05, 3.63) is 173 Å². The minimum Gasteiger partial charge on any atom is -0.465 e. The molecule has 0 aliphatic carbocycles. The van der Waals surface area contributed by atoms with Gasteiger partial charge in [-0.15, -0.1) is 15.0 Å². The first kappa shape index (κ1) is 31.6. The van der Waals surface area contributed by atoms with Gasteiger partial charge < -0.3 is 4.74 Å². The van der Waals surface area contributed by atoms with E-state index in [1.165, 1.54) is 7.11 Å². The molecule has 1 atom stereocenters. The number of hydrogen-bond donors (Lipinski definition) is 0. The number of carbonyl (C=O) groups is 1. The lowest BCUT2D eigenvalue weighted by molar-refractivity contribution is -0.875. The highest BCUT2D eigenvalue weighted by Crippen LogP contribution is 2.40. The van der Waals surface area contributed by atoms with Gasteiger partial charge in [0.15, 0.2) is 5.54 Å². The number of tetrazole rings is 1. The van der Waals surface area contributed by atoms with Gasteiger partial charge in [-0.1, -0.05) is 145 Å². The first-order valence-electron chi connectivity index (χ1n) is 16.3. The van der Waals surface area contributed by atoms with Crippen molar-refractivity contribution in [3.63, 3.8) is 0 Å². The molecule has 1 aromatic heterocycles. The average Bonchev–Trinajstić information content (AvgIpc) is 3.76. The number of methoxy groups -OCH3 is 1. The van der Waals surface area contributed by atoms with Gasteiger partial charge in [0, 0.05) is 18.1 Å². The first-order valence-corrected chi connectivity index (χ1v) is 16.3. The second-order valence-corrected chi connectivity index (χ2v) is 12.2. The van der Waals surface area contributed by atoms with Gasteiger partial charge >= 0.3 is 5.97 Å². The highest BCUT2D eigenvalue weighted by atomic mass is 16.5. The number of allylic oxidation sites excluding steroid dienone is 1. The van der Waals surface area contributed by atoms with Crippen LogP contribution in [0.15, 0.2) is 156 Å². The molecule has 1 aliphatic heterocycles. The van der Waals surface area contributed by atoms with E-state index in [4.69, 9.17) is 25.2 Å². The van der Waals surface area contributed by atoms with Crippen molar-refractivity contribution in [1.82, 2.24) is 20.2 Å². The van der Waals surface area contributed by atoms with Crippen LogP contribution in [0.4, 0.5) is 0 Å². The second kappa shape index (κ2) is 12.9. The number of esters is 1. The van der Waals surface area contributed by atoms with E-state index < -0.39 is 5.54 Å². The lowest BCUT2D eigenvalue weighted by Gasteiger charge is -2.34. The number of benzene rings is 5. The predicted molar refractivity (Wildman–Crippen MR) is 191 cm³/mol. The Morgan fingerprint density at radius 1 is 0.714 bits per heavy atom. The van der Waals surface area contributed by atoms with Crippen LogP contribution in [0.2, 0.25) is 0 Å². The Morgan fingerprint density at radius 2 is 1.20 bits per heavy atom. The summed E-state index contributed by atoms with van der Waals surface area (Å²) >= 11 is 0. The van der Waals surface area contributed by atoms with Crippen LogP contribution in [0.1, 0.15) is 36.1 Å². The van der Waals surface area contributed by atoms with Crippen molar-refractivity contribution in [2.45, 2.75) is 19.4 Å². The molecule has 242 valence electrons. The summed E-state index contributed by atoms with van der Waals surface area (Å²) in [6, 6.07) is 47.1. The summed E-state index contributed by atoms with van der Waals surface area (Å²) in [5, 5.41) is 19.5. The number of hydrogen-bond acceptors (Lipinski definition) is 6. The van der Waals surface area contributed by atoms with Gasteiger partial charge in [0.05, 0.1) is 14.2 Å². The SMILES string of the molecule is CC[N+]1(C)N=C(c2ccc(-c3ccccc3-c3nnn(C(c4ccccc4)(c4ccccc4)c4ccccc4)n3)cc2)C(C(=O)OC)=C1C. The Bertz CT molecular complexity index is 2080. The number of ether oxygens (including phenoxy) is 1. The normalized spacial score (nSPS) is 16.0. The van der Waals surface area contributed by atoms with Crippen molar-refractivity contribution in [2.75, 3.05) is 20.7 Å². The fourth-order valence-corrected chi connectivity index (χ4v) is 6.70. The van der Waals surface area contributed by atoms with Crippen molar-refractivity contribution in [2.24, 2.45) is 5.10 Å².